The van der Waals surface area contributed by atoms with Gasteiger partial charge in [-0.1, -0.05) is 24.3 Å². The lowest BCUT2D eigenvalue weighted by atomic mass is 10.00. The summed E-state index contributed by atoms with van der Waals surface area (Å²) in [5.41, 5.74) is 3.05. The Balaban J connectivity index is 1.67. The number of likely N-dealkylation sites (N-methyl/N-ethyl adjacent to an activating group) is 1. The van der Waals surface area contributed by atoms with Crippen LogP contribution in [0.1, 0.15) is 11.1 Å². The van der Waals surface area contributed by atoms with E-state index in [1.165, 1.54) is 24.1 Å². The summed E-state index contributed by atoms with van der Waals surface area (Å²) in [5.74, 6) is 0. The number of rotatable bonds is 6. The van der Waals surface area contributed by atoms with Crippen molar-refractivity contribution < 1.29 is 0 Å². The van der Waals surface area contributed by atoms with Crippen molar-refractivity contribution >= 4 is 0 Å². The first-order valence-corrected chi connectivity index (χ1v) is 6.90. The topological polar surface area (TPSA) is 18.5 Å². The van der Waals surface area contributed by atoms with Crippen LogP contribution >= 0.6 is 0 Å². The summed E-state index contributed by atoms with van der Waals surface area (Å²) in [6, 6.07) is 8.83. The van der Waals surface area contributed by atoms with Gasteiger partial charge in [-0.3, -0.25) is 4.90 Å². The van der Waals surface area contributed by atoms with Crippen LogP contribution in [0.25, 0.3) is 0 Å². The number of hydrogen-bond acceptors (Lipinski definition) is 3. The molecule has 0 aliphatic carbocycles. The predicted molar refractivity (Wildman–Crippen MR) is 76.8 cm³/mol. The van der Waals surface area contributed by atoms with Gasteiger partial charge in [-0.25, -0.2) is 0 Å². The van der Waals surface area contributed by atoms with E-state index in [-0.39, 0.29) is 0 Å². The Labute approximate surface area is 111 Å². The predicted octanol–water partition coefficient (Wildman–Crippen LogP) is 1.20. The first kappa shape index (κ1) is 13.5. The van der Waals surface area contributed by atoms with E-state index in [2.05, 4.69) is 53.5 Å². The molecule has 2 rings (SSSR count). The lowest BCUT2D eigenvalue weighted by Crippen LogP contribution is -2.37. The second kappa shape index (κ2) is 6.88. The Morgan fingerprint density at radius 3 is 2.72 bits per heavy atom. The maximum atomic E-state index is 3.50. The molecule has 0 unspecified atom stereocenters. The molecule has 100 valence electrons. The highest BCUT2D eigenvalue weighted by molar-refractivity contribution is 5.28. The number of hydrogen-bond donors (Lipinski definition) is 1. The van der Waals surface area contributed by atoms with Gasteiger partial charge in [0, 0.05) is 39.3 Å². The zero-order valence-corrected chi connectivity index (χ0v) is 11.7. The zero-order valence-electron chi connectivity index (χ0n) is 11.7. The van der Waals surface area contributed by atoms with Gasteiger partial charge in [0.15, 0.2) is 0 Å². The first-order valence-electron chi connectivity index (χ1n) is 6.90. The van der Waals surface area contributed by atoms with E-state index >= 15 is 0 Å². The monoisotopic (exact) mass is 247 g/mol. The van der Waals surface area contributed by atoms with Crippen LogP contribution in [0.5, 0.6) is 0 Å². The van der Waals surface area contributed by atoms with Crippen molar-refractivity contribution in [1.82, 2.24) is 15.1 Å². The number of nitrogens with one attached hydrogen (secondary N) is 1. The Morgan fingerprint density at radius 2 is 1.94 bits per heavy atom. The van der Waals surface area contributed by atoms with E-state index in [9.17, 15) is 0 Å². The molecule has 18 heavy (non-hydrogen) atoms. The maximum Gasteiger partial charge on any atom is 0.0237 e. The Morgan fingerprint density at radius 1 is 1.17 bits per heavy atom. The van der Waals surface area contributed by atoms with Crippen LogP contribution in [-0.4, -0.2) is 56.6 Å². The normalized spacial score (nSPS) is 15.9. The largest absolute Gasteiger partial charge is 0.314 e. The van der Waals surface area contributed by atoms with Crippen molar-refractivity contribution in [1.29, 1.82) is 0 Å². The van der Waals surface area contributed by atoms with Crippen LogP contribution in [0.3, 0.4) is 0 Å². The molecule has 3 nitrogen and oxygen atoms in total. The Bertz CT molecular complexity index is 363. The fourth-order valence-electron chi connectivity index (χ4n) is 2.41. The molecular weight excluding hydrogens is 222 g/mol. The summed E-state index contributed by atoms with van der Waals surface area (Å²) < 4.78 is 0. The molecule has 0 spiro atoms. The number of fused-ring (bicyclic) bond motifs is 1. The molecule has 1 aromatic carbocycles. The summed E-state index contributed by atoms with van der Waals surface area (Å²) in [4.78, 5) is 4.76. The van der Waals surface area contributed by atoms with Gasteiger partial charge < -0.3 is 10.2 Å². The van der Waals surface area contributed by atoms with Crippen molar-refractivity contribution in [2.24, 2.45) is 0 Å². The van der Waals surface area contributed by atoms with Gasteiger partial charge in [-0.2, -0.15) is 0 Å². The van der Waals surface area contributed by atoms with E-state index < -0.39 is 0 Å². The quantitative estimate of drug-likeness (QED) is 0.762. The van der Waals surface area contributed by atoms with E-state index in [1.54, 1.807) is 0 Å². The van der Waals surface area contributed by atoms with E-state index in [0.717, 1.165) is 32.7 Å². The van der Waals surface area contributed by atoms with Crippen molar-refractivity contribution in [3.05, 3.63) is 35.4 Å². The van der Waals surface area contributed by atoms with E-state index in [4.69, 9.17) is 0 Å². The molecule has 1 aliphatic rings. The second-order valence-corrected chi connectivity index (χ2v) is 5.35. The maximum absolute atomic E-state index is 3.50. The van der Waals surface area contributed by atoms with Crippen molar-refractivity contribution in [3.8, 4) is 0 Å². The highest BCUT2D eigenvalue weighted by Gasteiger charge is 2.14. The van der Waals surface area contributed by atoms with Crippen LogP contribution in [0, 0.1) is 0 Å². The molecule has 0 bridgehead atoms. The summed E-state index contributed by atoms with van der Waals surface area (Å²) in [5, 5.41) is 3.50. The highest BCUT2D eigenvalue weighted by Crippen LogP contribution is 2.17. The minimum absolute atomic E-state index is 1.08. The van der Waals surface area contributed by atoms with Crippen LogP contribution < -0.4 is 5.32 Å². The summed E-state index contributed by atoms with van der Waals surface area (Å²) >= 11 is 0. The average Bonchev–Trinajstić information content (AvgIpc) is 2.38. The van der Waals surface area contributed by atoms with Gasteiger partial charge in [0.1, 0.15) is 0 Å². The Kier molecular flexibility index (Phi) is 5.17. The Hall–Kier alpha value is -0.900. The second-order valence-electron chi connectivity index (χ2n) is 5.35. The van der Waals surface area contributed by atoms with Crippen LogP contribution in [0.4, 0.5) is 0 Å². The smallest absolute Gasteiger partial charge is 0.0237 e. The van der Waals surface area contributed by atoms with Gasteiger partial charge in [-0.15, -0.1) is 0 Å². The van der Waals surface area contributed by atoms with Crippen molar-refractivity contribution in [2.45, 2.75) is 13.0 Å². The highest BCUT2D eigenvalue weighted by atomic mass is 15.1. The molecule has 0 radical (unpaired) electrons. The standard InChI is InChI=1S/C15H25N3/c1-17(2)11-8-16-9-12-18-10-7-14-5-3-4-6-15(14)13-18/h3-6,16H,7-13H2,1-2H3. The fourth-order valence-corrected chi connectivity index (χ4v) is 2.41. The summed E-state index contributed by atoms with van der Waals surface area (Å²) in [6.07, 6.45) is 1.20. The van der Waals surface area contributed by atoms with E-state index in [1.807, 2.05) is 0 Å². The minimum Gasteiger partial charge on any atom is -0.314 e. The van der Waals surface area contributed by atoms with E-state index in [0.29, 0.717) is 0 Å². The molecule has 1 N–H and O–H groups in total. The molecule has 0 saturated carbocycles. The van der Waals surface area contributed by atoms with Gasteiger partial charge in [0.05, 0.1) is 0 Å². The molecule has 3 heteroatoms. The first-order chi connectivity index (χ1) is 8.75. The molecule has 0 atom stereocenters. The van der Waals surface area contributed by atoms with Gasteiger partial charge >= 0.3 is 0 Å². The lowest BCUT2D eigenvalue weighted by molar-refractivity contribution is 0.252. The minimum atomic E-state index is 1.08. The molecule has 0 fully saturated rings. The molecule has 0 saturated heterocycles. The average molecular weight is 247 g/mol. The summed E-state index contributed by atoms with van der Waals surface area (Å²) in [7, 11) is 4.23. The van der Waals surface area contributed by atoms with Crippen LogP contribution in [0.2, 0.25) is 0 Å². The van der Waals surface area contributed by atoms with Crippen LogP contribution in [0.15, 0.2) is 24.3 Å². The molecular formula is C15H25N3. The third-order valence-electron chi connectivity index (χ3n) is 3.55. The molecule has 1 aromatic rings. The molecule has 1 heterocycles. The number of benzene rings is 1. The van der Waals surface area contributed by atoms with Gasteiger partial charge in [0.2, 0.25) is 0 Å². The van der Waals surface area contributed by atoms with Gasteiger partial charge in [0.25, 0.3) is 0 Å². The number of nitrogens with zero attached hydrogens (tertiary/aromatic N) is 2. The van der Waals surface area contributed by atoms with Crippen molar-refractivity contribution in [3.63, 3.8) is 0 Å². The van der Waals surface area contributed by atoms with Crippen LogP contribution in [-0.2, 0) is 13.0 Å². The fraction of sp³-hybridized carbons (Fsp3) is 0.600. The summed E-state index contributed by atoms with van der Waals surface area (Å²) in [6.45, 7) is 6.76. The SMILES string of the molecule is CN(C)CCNCCN1CCc2ccccc2C1. The van der Waals surface area contributed by atoms with Gasteiger partial charge in [-0.05, 0) is 31.6 Å². The molecule has 0 amide bonds. The molecule has 0 aromatic heterocycles. The third kappa shape index (κ3) is 4.09. The zero-order chi connectivity index (χ0) is 12.8. The third-order valence-corrected chi connectivity index (χ3v) is 3.55. The lowest BCUT2D eigenvalue weighted by Gasteiger charge is -2.28. The van der Waals surface area contributed by atoms with Crippen molar-refractivity contribution in [2.75, 3.05) is 46.8 Å². The molecule has 1 aliphatic heterocycles.